The summed E-state index contributed by atoms with van der Waals surface area (Å²) >= 11 is 0. The number of carbonyl (C=O) groups is 6. The molecule has 0 saturated carbocycles. The van der Waals surface area contributed by atoms with Crippen LogP contribution < -0.4 is 0 Å². The lowest BCUT2D eigenvalue weighted by molar-refractivity contribution is -0.163. The molecule has 16 nitrogen and oxygen atoms in total. The van der Waals surface area contributed by atoms with Crippen LogP contribution in [0.5, 0.6) is 0 Å². The predicted octanol–water partition coefficient (Wildman–Crippen LogP) is 5.98. The molecular formula is C39H60N4O12. The highest BCUT2D eigenvalue weighted by atomic mass is 16.6. The van der Waals surface area contributed by atoms with Crippen molar-refractivity contribution < 1.29 is 57.2 Å². The van der Waals surface area contributed by atoms with Crippen molar-refractivity contribution in [3.8, 4) is 0 Å². The summed E-state index contributed by atoms with van der Waals surface area (Å²) in [6.45, 7) is 20.5. The van der Waals surface area contributed by atoms with Crippen LogP contribution in [-0.4, -0.2) is 132 Å². The van der Waals surface area contributed by atoms with Gasteiger partial charge in [-0.2, -0.15) is 9.89 Å². The van der Waals surface area contributed by atoms with Gasteiger partial charge in [0.05, 0.1) is 12.7 Å². The van der Waals surface area contributed by atoms with Gasteiger partial charge in [-0.25, -0.2) is 19.2 Å². The largest absolute Gasteiger partial charge is 0.458 e. The molecule has 5 amide bonds. The number of amidine groups is 1. The second-order valence-electron chi connectivity index (χ2n) is 17.0. The van der Waals surface area contributed by atoms with Crippen LogP contribution in [-0.2, 0) is 38.0 Å². The van der Waals surface area contributed by atoms with Gasteiger partial charge < -0.3 is 38.2 Å². The third kappa shape index (κ3) is 17.2. The number of amides is 5. The second kappa shape index (κ2) is 19.3. The van der Waals surface area contributed by atoms with Crippen LogP contribution in [0.25, 0.3) is 0 Å². The van der Waals surface area contributed by atoms with Gasteiger partial charge in [-0.05, 0) is 108 Å². The zero-order valence-corrected chi connectivity index (χ0v) is 34.7. The Morgan fingerprint density at radius 2 is 1.18 bits per heavy atom. The molecular weight excluding hydrogens is 716 g/mol. The first-order chi connectivity index (χ1) is 25.2. The highest BCUT2D eigenvalue weighted by Crippen LogP contribution is 2.21. The number of imide groups is 1. The van der Waals surface area contributed by atoms with E-state index in [9.17, 15) is 28.8 Å². The fourth-order valence-corrected chi connectivity index (χ4v) is 4.97. The van der Waals surface area contributed by atoms with Gasteiger partial charge in [0.1, 0.15) is 35.6 Å². The van der Waals surface area contributed by atoms with Crippen LogP contribution in [0.1, 0.15) is 112 Å². The van der Waals surface area contributed by atoms with E-state index in [1.54, 1.807) is 88.0 Å². The summed E-state index contributed by atoms with van der Waals surface area (Å²) < 4.78 is 32.6. The molecule has 0 bridgehead atoms. The maximum atomic E-state index is 13.8. The summed E-state index contributed by atoms with van der Waals surface area (Å²) in [5, 5.41) is 0. The molecule has 1 aliphatic rings. The van der Waals surface area contributed by atoms with Crippen LogP contribution in [0.4, 0.5) is 14.4 Å². The molecule has 55 heavy (non-hydrogen) atoms. The lowest BCUT2D eigenvalue weighted by atomic mass is 10.1. The molecule has 1 heterocycles. The van der Waals surface area contributed by atoms with Crippen molar-refractivity contribution in [1.29, 1.82) is 0 Å². The molecule has 0 N–H and O–H groups in total. The Bertz CT molecular complexity index is 1510. The van der Waals surface area contributed by atoms with E-state index in [0.29, 0.717) is 30.8 Å². The summed E-state index contributed by atoms with van der Waals surface area (Å²) in [6.07, 6.45) is -2.61. The summed E-state index contributed by atoms with van der Waals surface area (Å²) in [6, 6.07) is 5.64. The number of likely N-dealkylation sites (tertiary alicyclic amines) is 1. The minimum absolute atomic E-state index is 0.0791. The van der Waals surface area contributed by atoms with Crippen molar-refractivity contribution in [2.45, 2.75) is 124 Å². The molecule has 2 rings (SSSR count). The highest BCUT2D eigenvalue weighted by Gasteiger charge is 2.37. The Labute approximate surface area is 324 Å². The number of ether oxygens (including phenoxy) is 6. The number of methoxy groups -OCH3 is 1. The molecule has 308 valence electrons. The highest BCUT2D eigenvalue weighted by molar-refractivity contribution is 6.18. The Morgan fingerprint density at radius 1 is 0.709 bits per heavy atom. The number of nitrogens with zero attached hydrogens (tertiary/aromatic N) is 4. The fourth-order valence-electron chi connectivity index (χ4n) is 4.97. The monoisotopic (exact) mass is 776 g/mol. The summed E-state index contributed by atoms with van der Waals surface area (Å²) in [5.74, 6) is -1.68. The Balaban J connectivity index is 2.36. The molecule has 1 saturated heterocycles. The van der Waals surface area contributed by atoms with Crippen molar-refractivity contribution in [3.05, 3.63) is 35.4 Å². The number of hydrogen-bond acceptors (Lipinski definition) is 12. The maximum absolute atomic E-state index is 13.8. The number of piperidine rings is 1. The van der Waals surface area contributed by atoms with Crippen LogP contribution >= 0.6 is 0 Å². The quantitative estimate of drug-likeness (QED) is 0.118. The van der Waals surface area contributed by atoms with Gasteiger partial charge >= 0.3 is 24.2 Å². The molecule has 1 aliphatic heterocycles. The third-order valence-corrected chi connectivity index (χ3v) is 7.17. The van der Waals surface area contributed by atoms with Crippen LogP contribution in [0.3, 0.4) is 0 Å². The van der Waals surface area contributed by atoms with Gasteiger partial charge in [0.25, 0.3) is 5.91 Å². The van der Waals surface area contributed by atoms with Crippen molar-refractivity contribution in [3.63, 3.8) is 0 Å². The zero-order chi connectivity index (χ0) is 41.9. The molecule has 0 atom stereocenters. The van der Waals surface area contributed by atoms with E-state index in [4.69, 9.17) is 28.4 Å². The minimum Gasteiger partial charge on any atom is -0.458 e. The predicted molar refractivity (Wildman–Crippen MR) is 203 cm³/mol. The Hall–Kier alpha value is -4.57. The van der Waals surface area contributed by atoms with E-state index in [1.807, 2.05) is 0 Å². The maximum Gasteiger partial charge on any atom is 0.436 e. The minimum atomic E-state index is -1.16. The molecule has 1 aromatic carbocycles. The zero-order valence-electron chi connectivity index (χ0n) is 34.7. The number of rotatable bonds is 10. The number of benzene rings is 1. The SMILES string of the molecule is COCCN(CC(=O)N1CCC(OCC(=O)OC(C)(C)C)CC1)C(=O)c1ccc(C(=NC(=O)OC(C)(C)C)N(C(=O)OC(C)(C)C)C(=O)OC(C)(C)C)cc1. The average molecular weight is 777 g/mol. The van der Waals surface area contributed by atoms with E-state index < -0.39 is 58.4 Å². The Morgan fingerprint density at radius 3 is 1.64 bits per heavy atom. The molecule has 0 unspecified atom stereocenters. The summed E-state index contributed by atoms with van der Waals surface area (Å²) in [7, 11) is 1.48. The second-order valence-corrected chi connectivity index (χ2v) is 17.0. The first-order valence-corrected chi connectivity index (χ1v) is 18.3. The van der Waals surface area contributed by atoms with Crippen molar-refractivity contribution in [2.24, 2.45) is 4.99 Å². The normalized spacial score (nSPS) is 14.5. The molecule has 16 heteroatoms. The van der Waals surface area contributed by atoms with Gasteiger partial charge in [-0.15, -0.1) is 0 Å². The number of carbonyl (C=O) groups excluding carboxylic acids is 6. The lowest BCUT2D eigenvalue weighted by Gasteiger charge is -2.33. The standard InChI is InChI=1S/C39H60N4O12/c1-36(2,3)52-30(45)25-51-28-18-20-41(21-19-28)29(44)24-42(22-23-50-13)32(46)27-16-14-26(15-17-27)31(40-33(47)53-37(4,5)6)43(34(48)54-38(7,8)9)35(49)55-39(10,11)12/h14-17,28H,18-25H2,1-13H3. The van der Waals surface area contributed by atoms with Gasteiger partial charge in [0, 0.05) is 37.9 Å². The van der Waals surface area contributed by atoms with E-state index in [-0.39, 0.29) is 49.4 Å². The van der Waals surface area contributed by atoms with Crippen LogP contribution in [0.2, 0.25) is 0 Å². The van der Waals surface area contributed by atoms with Gasteiger partial charge in [0.2, 0.25) is 5.91 Å². The lowest BCUT2D eigenvalue weighted by Crippen LogP contribution is -2.48. The summed E-state index contributed by atoms with van der Waals surface area (Å²) in [4.78, 5) is 86.8. The number of hydrogen-bond donors (Lipinski definition) is 0. The van der Waals surface area contributed by atoms with Gasteiger partial charge in [-0.1, -0.05) is 12.1 Å². The Kier molecular flexibility index (Phi) is 16.4. The topological polar surface area (TPSA) is 180 Å². The smallest absolute Gasteiger partial charge is 0.436 e. The third-order valence-electron chi connectivity index (χ3n) is 7.17. The number of esters is 1. The van der Waals surface area contributed by atoms with Crippen molar-refractivity contribution in [2.75, 3.05) is 46.5 Å². The van der Waals surface area contributed by atoms with Crippen molar-refractivity contribution >= 4 is 41.9 Å². The molecule has 0 radical (unpaired) electrons. The summed E-state index contributed by atoms with van der Waals surface area (Å²) in [5.41, 5.74) is -3.42. The van der Waals surface area contributed by atoms with E-state index in [0.717, 1.165) is 0 Å². The molecule has 1 fully saturated rings. The average Bonchev–Trinajstić information content (AvgIpc) is 3.02. The van der Waals surface area contributed by atoms with Gasteiger partial charge in [-0.3, -0.25) is 9.59 Å². The van der Waals surface area contributed by atoms with Crippen LogP contribution in [0, 0.1) is 0 Å². The van der Waals surface area contributed by atoms with E-state index >= 15 is 0 Å². The molecule has 0 spiro atoms. The van der Waals surface area contributed by atoms with Crippen LogP contribution in [0.15, 0.2) is 29.3 Å². The van der Waals surface area contributed by atoms with Gasteiger partial charge in [0.15, 0.2) is 5.84 Å². The van der Waals surface area contributed by atoms with E-state index in [2.05, 4.69) is 4.99 Å². The number of aliphatic imine (C=N–C) groups is 1. The molecule has 0 aliphatic carbocycles. The molecule has 1 aromatic rings. The fraction of sp³-hybridized carbons (Fsp3) is 0.667. The van der Waals surface area contributed by atoms with E-state index in [1.165, 1.54) is 36.3 Å². The molecule has 0 aromatic heterocycles. The first-order valence-electron chi connectivity index (χ1n) is 18.3. The van der Waals surface area contributed by atoms with Crippen molar-refractivity contribution in [1.82, 2.24) is 14.7 Å². The first kappa shape index (κ1) is 46.6.